The van der Waals surface area contributed by atoms with Gasteiger partial charge >= 0.3 is 6.09 Å². The largest absolute Gasteiger partial charge is 0.444 e. The first kappa shape index (κ1) is 22.4. The number of rotatable bonds is 4. The summed E-state index contributed by atoms with van der Waals surface area (Å²) < 4.78 is 19.2. The Morgan fingerprint density at radius 2 is 2.00 bits per heavy atom. The van der Waals surface area contributed by atoms with Crippen LogP contribution in [0.2, 0.25) is 0 Å². The van der Waals surface area contributed by atoms with Crippen LogP contribution < -0.4 is 10.6 Å². The van der Waals surface area contributed by atoms with E-state index in [9.17, 15) is 9.18 Å². The highest BCUT2D eigenvalue weighted by molar-refractivity contribution is 5.83. The van der Waals surface area contributed by atoms with Crippen molar-refractivity contribution in [3.05, 3.63) is 35.8 Å². The number of amides is 1. The molecule has 2 atom stereocenters. The number of hydrogen-bond donors (Lipinski definition) is 3. The molecule has 0 spiro atoms. The maximum atomic E-state index is 13.6. The van der Waals surface area contributed by atoms with Crippen LogP contribution in [0.5, 0.6) is 0 Å². The average Bonchev–Trinajstić information content (AvgIpc) is 3.24. The number of aliphatic imine (C=N–C) groups is 1. The van der Waals surface area contributed by atoms with Gasteiger partial charge in [0.25, 0.3) is 0 Å². The molecule has 32 heavy (non-hydrogen) atoms. The molecule has 3 heterocycles. The Labute approximate surface area is 188 Å². The minimum Gasteiger partial charge on any atom is -0.444 e. The molecule has 4 rings (SSSR count). The summed E-state index contributed by atoms with van der Waals surface area (Å²) in [6.45, 7) is 6.41. The van der Waals surface area contributed by atoms with Crippen molar-refractivity contribution >= 4 is 23.0 Å². The highest BCUT2D eigenvalue weighted by atomic mass is 19.1. The molecule has 2 saturated heterocycles. The van der Waals surface area contributed by atoms with Gasteiger partial charge in [-0.05, 0) is 76.6 Å². The zero-order valence-corrected chi connectivity index (χ0v) is 19.4. The molecule has 1 aromatic heterocycles. The predicted octanol–water partition coefficient (Wildman–Crippen LogP) is 3.95. The maximum absolute atomic E-state index is 13.6. The van der Waals surface area contributed by atoms with Crippen molar-refractivity contribution < 1.29 is 13.9 Å². The molecule has 174 valence electrons. The van der Waals surface area contributed by atoms with Gasteiger partial charge in [-0.3, -0.25) is 4.99 Å². The molecular weight excluding hydrogens is 409 g/mol. The zero-order chi connectivity index (χ0) is 22.9. The number of fused-ring (bicyclic) bond motifs is 3. The average molecular weight is 444 g/mol. The molecule has 8 heteroatoms. The Kier molecular flexibility index (Phi) is 6.31. The zero-order valence-electron chi connectivity index (χ0n) is 19.4. The standard InChI is InChI=1S/C24H34FN5O2/c1-24(2,3)32-23(31)30-18-6-7-19(30)13-17(12-18)29-22(26-4)27-10-9-15-14-28-21-8-5-16(25)11-20(15)21/h5,8,11,14,17-19,28H,6-7,9-10,12-13H2,1-4H3,(H2,26,27,29). The molecule has 1 aromatic carbocycles. The summed E-state index contributed by atoms with van der Waals surface area (Å²) >= 11 is 0. The van der Waals surface area contributed by atoms with E-state index < -0.39 is 5.60 Å². The molecule has 0 saturated carbocycles. The molecular formula is C24H34FN5O2. The van der Waals surface area contributed by atoms with Crippen LogP contribution in [0.3, 0.4) is 0 Å². The molecule has 2 aliphatic heterocycles. The summed E-state index contributed by atoms with van der Waals surface area (Å²) in [5, 5.41) is 7.83. The number of guanidine groups is 1. The number of halogens is 1. The van der Waals surface area contributed by atoms with Crippen LogP contribution in [0.4, 0.5) is 9.18 Å². The molecule has 0 radical (unpaired) electrons. The van der Waals surface area contributed by atoms with E-state index in [2.05, 4.69) is 20.6 Å². The summed E-state index contributed by atoms with van der Waals surface area (Å²) in [5.41, 5.74) is 1.54. The minimum absolute atomic E-state index is 0.193. The van der Waals surface area contributed by atoms with E-state index in [4.69, 9.17) is 4.74 Å². The summed E-state index contributed by atoms with van der Waals surface area (Å²) in [7, 11) is 1.76. The summed E-state index contributed by atoms with van der Waals surface area (Å²) in [6.07, 6.45) is 6.31. The van der Waals surface area contributed by atoms with Gasteiger partial charge in [0.1, 0.15) is 11.4 Å². The van der Waals surface area contributed by atoms with Crippen LogP contribution in [0.25, 0.3) is 10.9 Å². The lowest BCUT2D eigenvalue weighted by Gasteiger charge is -2.40. The van der Waals surface area contributed by atoms with Gasteiger partial charge in [0.05, 0.1) is 0 Å². The molecule has 2 bridgehead atoms. The van der Waals surface area contributed by atoms with Crippen LogP contribution in [0.1, 0.15) is 52.0 Å². The third kappa shape index (κ3) is 5.00. The van der Waals surface area contributed by atoms with E-state index in [1.807, 2.05) is 31.9 Å². The molecule has 2 fully saturated rings. The molecule has 3 N–H and O–H groups in total. The number of carbonyl (C=O) groups is 1. The monoisotopic (exact) mass is 443 g/mol. The van der Waals surface area contributed by atoms with Crippen LogP contribution >= 0.6 is 0 Å². The van der Waals surface area contributed by atoms with Gasteiger partial charge in [-0.2, -0.15) is 0 Å². The highest BCUT2D eigenvalue weighted by Crippen LogP contribution is 2.36. The first-order chi connectivity index (χ1) is 15.2. The van der Waals surface area contributed by atoms with Gasteiger partial charge in [0, 0.05) is 48.8 Å². The normalized spacial score (nSPS) is 23.5. The van der Waals surface area contributed by atoms with Gasteiger partial charge in [-0.25, -0.2) is 9.18 Å². The van der Waals surface area contributed by atoms with Crippen LogP contribution in [0, 0.1) is 5.82 Å². The number of benzene rings is 1. The van der Waals surface area contributed by atoms with Crippen molar-refractivity contribution in [1.29, 1.82) is 0 Å². The van der Waals surface area contributed by atoms with Gasteiger partial charge < -0.3 is 25.3 Å². The summed E-state index contributed by atoms with van der Waals surface area (Å²) in [4.78, 5) is 22.2. The molecule has 1 amide bonds. The topological polar surface area (TPSA) is 81.8 Å². The van der Waals surface area contributed by atoms with E-state index >= 15 is 0 Å². The number of piperidine rings is 1. The third-order valence-electron chi connectivity index (χ3n) is 6.32. The predicted molar refractivity (Wildman–Crippen MR) is 124 cm³/mol. The number of H-pyrrole nitrogens is 1. The number of hydrogen-bond acceptors (Lipinski definition) is 3. The second-order valence-corrected chi connectivity index (χ2v) is 9.84. The number of aromatic amines is 1. The van der Waals surface area contributed by atoms with Crippen LogP contribution in [-0.4, -0.2) is 59.3 Å². The van der Waals surface area contributed by atoms with Gasteiger partial charge in [0.15, 0.2) is 5.96 Å². The molecule has 0 aliphatic carbocycles. The van der Waals surface area contributed by atoms with Crippen molar-refractivity contribution in [1.82, 2.24) is 20.5 Å². The first-order valence-corrected chi connectivity index (χ1v) is 11.5. The fourth-order valence-corrected chi connectivity index (χ4v) is 4.97. The Balaban J connectivity index is 1.29. The lowest BCUT2D eigenvalue weighted by Crippen LogP contribution is -2.55. The van der Waals surface area contributed by atoms with Crippen LogP contribution in [-0.2, 0) is 11.2 Å². The lowest BCUT2D eigenvalue weighted by atomic mass is 9.98. The van der Waals surface area contributed by atoms with E-state index in [1.165, 1.54) is 6.07 Å². The van der Waals surface area contributed by atoms with Gasteiger partial charge in [0.2, 0.25) is 0 Å². The lowest BCUT2D eigenvalue weighted by molar-refractivity contribution is 0.00545. The number of aromatic nitrogens is 1. The molecule has 2 unspecified atom stereocenters. The highest BCUT2D eigenvalue weighted by Gasteiger charge is 2.45. The van der Waals surface area contributed by atoms with Crippen LogP contribution in [0.15, 0.2) is 29.4 Å². The Morgan fingerprint density at radius 1 is 1.28 bits per heavy atom. The number of nitrogens with one attached hydrogen (secondary N) is 3. The Morgan fingerprint density at radius 3 is 2.66 bits per heavy atom. The SMILES string of the molecule is CN=C(NCCc1c[nH]c2ccc(F)cc12)NC1CC2CCC(C1)N2C(=O)OC(C)(C)C. The van der Waals surface area contributed by atoms with Crippen molar-refractivity contribution in [2.24, 2.45) is 4.99 Å². The number of ether oxygens (including phenoxy) is 1. The number of carbonyl (C=O) groups excluding carboxylic acids is 1. The Bertz CT molecular complexity index is 982. The number of nitrogens with zero attached hydrogens (tertiary/aromatic N) is 2. The fraction of sp³-hybridized carbons (Fsp3) is 0.583. The van der Waals surface area contributed by atoms with E-state index in [0.717, 1.165) is 54.5 Å². The first-order valence-electron chi connectivity index (χ1n) is 11.5. The van der Waals surface area contributed by atoms with Crippen molar-refractivity contribution in [3.63, 3.8) is 0 Å². The maximum Gasteiger partial charge on any atom is 0.410 e. The molecule has 2 aliphatic rings. The van der Waals surface area contributed by atoms with E-state index in [0.29, 0.717) is 6.54 Å². The minimum atomic E-state index is -0.478. The summed E-state index contributed by atoms with van der Waals surface area (Å²) in [6, 6.07) is 5.48. The van der Waals surface area contributed by atoms with Gasteiger partial charge in [-0.1, -0.05) is 0 Å². The Hall–Kier alpha value is -2.77. The molecule has 2 aromatic rings. The van der Waals surface area contributed by atoms with Crippen molar-refractivity contribution in [2.45, 2.75) is 76.6 Å². The fourth-order valence-electron chi connectivity index (χ4n) is 4.97. The second-order valence-electron chi connectivity index (χ2n) is 9.84. The third-order valence-corrected chi connectivity index (χ3v) is 6.32. The van der Waals surface area contributed by atoms with Crippen molar-refractivity contribution in [3.8, 4) is 0 Å². The van der Waals surface area contributed by atoms with Gasteiger partial charge in [-0.15, -0.1) is 0 Å². The molecule has 7 nitrogen and oxygen atoms in total. The second kappa shape index (κ2) is 9.00. The quantitative estimate of drug-likeness (QED) is 0.494. The van der Waals surface area contributed by atoms with Crippen molar-refractivity contribution in [2.75, 3.05) is 13.6 Å². The smallest absolute Gasteiger partial charge is 0.410 e. The van der Waals surface area contributed by atoms with E-state index in [1.54, 1.807) is 19.2 Å². The summed E-state index contributed by atoms with van der Waals surface area (Å²) in [5.74, 6) is 0.530. The van der Waals surface area contributed by atoms with E-state index in [-0.39, 0.29) is 30.0 Å².